The van der Waals surface area contributed by atoms with Crippen LogP contribution >= 0.6 is 11.6 Å². The third-order valence-electron chi connectivity index (χ3n) is 5.29. The molecule has 1 fully saturated rings. The summed E-state index contributed by atoms with van der Waals surface area (Å²) in [6.07, 6.45) is 1.69. The van der Waals surface area contributed by atoms with Crippen molar-refractivity contribution in [1.29, 1.82) is 0 Å². The van der Waals surface area contributed by atoms with Crippen LogP contribution in [0.3, 0.4) is 0 Å². The molecule has 156 valence electrons. The lowest BCUT2D eigenvalue weighted by Crippen LogP contribution is -2.37. The number of carbonyl (C=O) groups excluding carboxylic acids is 1. The van der Waals surface area contributed by atoms with E-state index in [-0.39, 0.29) is 27.9 Å². The zero-order valence-corrected chi connectivity index (χ0v) is 18.0. The maximum atomic E-state index is 14.0. The third-order valence-corrected chi connectivity index (χ3v) is 7.55. The van der Waals surface area contributed by atoms with Crippen LogP contribution in [-0.4, -0.2) is 43.7 Å². The van der Waals surface area contributed by atoms with Crippen LogP contribution in [0, 0.1) is 11.7 Å². The number of piperidine rings is 1. The summed E-state index contributed by atoms with van der Waals surface area (Å²) in [5.41, 5.74) is 0.565. The van der Waals surface area contributed by atoms with Crippen molar-refractivity contribution in [2.75, 3.05) is 20.1 Å². The van der Waals surface area contributed by atoms with Gasteiger partial charge in [0.15, 0.2) is 0 Å². The molecule has 0 aliphatic carbocycles. The highest BCUT2D eigenvalue weighted by Crippen LogP contribution is 2.24. The Bertz CT molecular complexity index is 967. The normalized spacial score (nSPS) is 16.0. The lowest BCUT2D eigenvalue weighted by molar-refractivity contribution is 0.0784. The molecular formula is C21H24ClFN2O3S. The van der Waals surface area contributed by atoms with Gasteiger partial charge in [0, 0.05) is 42.8 Å². The van der Waals surface area contributed by atoms with Gasteiger partial charge < -0.3 is 4.90 Å². The number of hydrogen-bond acceptors (Lipinski definition) is 3. The van der Waals surface area contributed by atoms with E-state index < -0.39 is 15.8 Å². The number of amides is 1. The van der Waals surface area contributed by atoms with E-state index in [0.717, 1.165) is 12.8 Å². The molecule has 1 aliphatic rings. The Hall–Kier alpha value is -1.96. The second-order valence-electron chi connectivity index (χ2n) is 7.47. The van der Waals surface area contributed by atoms with E-state index >= 15 is 0 Å². The number of hydrogen-bond donors (Lipinski definition) is 0. The summed E-state index contributed by atoms with van der Waals surface area (Å²) >= 11 is 6.03. The second kappa shape index (κ2) is 8.81. The number of carbonyl (C=O) groups is 1. The van der Waals surface area contributed by atoms with Crippen LogP contribution < -0.4 is 0 Å². The molecule has 2 aromatic carbocycles. The number of sulfonamides is 1. The van der Waals surface area contributed by atoms with Crippen molar-refractivity contribution in [1.82, 2.24) is 9.21 Å². The molecule has 0 unspecified atom stereocenters. The van der Waals surface area contributed by atoms with Crippen LogP contribution in [0.4, 0.5) is 4.39 Å². The quantitative estimate of drug-likeness (QED) is 0.703. The minimum atomic E-state index is -3.57. The highest BCUT2D eigenvalue weighted by atomic mass is 35.5. The van der Waals surface area contributed by atoms with Crippen LogP contribution in [-0.2, 0) is 16.6 Å². The summed E-state index contributed by atoms with van der Waals surface area (Å²) in [7, 11) is -2.02. The SMILES string of the molecule is CC1CCN(S(=O)(=O)c2ccc(C(=O)N(C)Cc3c(F)cccc3Cl)cc2)CC1. The summed E-state index contributed by atoms with van der Waals surface area (Å²) < 4.78 is 41.1. The lowest BCUT2D eigenvalue weighted by atomic mass is 10.0. The molecule has 0 N–H and O–H groups in total. The van der Waals surface area contributed by atoms with Gasteiger partial charge >= 0.3 is 0 Å². The van der Waals surface area contributed by atoms with Gasteiger partial charge in [-0.3, -0.25) is 4.79 Å². The molecule has 0 saturated carbocycles. The molecule has 0 spiro atoms. The van der Waals surface area contributed by atoms with Crippen molar-refractivity contribution in [3.8, 4) is 0 Å². The van der Waals surface area contributed by atoms with Crippen molar-refractivity contribution in [2.24, 2.45) is 5.92 Å². The zero-order chi connectivity index (χ0) is 21.2. The average molecular weight is 439 g/mol. The van der Waals surface area contributed by atoms with Gasteiger partial charge in [0.1, 0.15) is 5.82 Å². The number of nitrogens with zero attached hydrogens (tertiary/aromatic N) is 2. The predicted molar refractivity (Wildman–Crippen MR) is 111 cm³/mol. The molecule has 3 rings (SSSR count). The summed E-state index contributed by atoms with van der Waals surface area (Å²) in [4.78, 5) is 14.2. The van der Waals surface area contributed by atoms with Gasteiger partial charge in [0.2, 0.25) is 10.0 Å². The second-order valence-corrected chi connectivity index (χ2v) is 9.82. The smallest absolute Gasteiger partial charge is 0.253 e. The molecule has 0 atom stereocenters. The maximum absolute atomic E-state index is 14.0. The molecule has 1 saturated heterocycles. The third kappa shape index (κ3) is 4.79. The Balaban J connectivity index is 1.73. The van der Waals surface area contributed by atoms with Crippen molar-refractivity contribution in [3.05, 3.63) is 64.4 Å². The monoisotopic (exact) mass is 438 g/mol. The highest BCUT2D eigenvalue weighted by molar-refractivity contribution is 7.89. The Morgan fingerprint density at radius 1 is 1.17 bits per heavy atom. The summed E-state index contributed by atoms with van der Waals surface area (Å²) in [5, 5.41) is 0.252. The minimum Gasteiger partial charge on any atom is -0.337 e. The standard InChI is InChI=1S/C21H24ClFN2O3S/c1-15-10-12-25(13-11-15)29(27,28)17-8-6-16(7-9-17)21(26)24(2)14-18-19(22)4-3-5-20(18)23/h3-9,15H,10-14H2,1-2H3. The lowest BCUT2D eigenvalue weighted by Gasteiger charge is -2.29. The fraction of sp³-hybridized carbons (Fsp3) is 0.381. The molecule has 29 heavy (non-hydrogen) atoms. The molecule has 5 nitrogen and oxygen atoms in total. The first-order valence-corrected chi connectivity index (χ1v) is 11.3. The molecule has 0 aromatic heterocycles. The van der Waals surface area contributed by atoms with Gasteiger partial charge in [-0.2, -0.15) is 4.31 Å². The van der Waals surface area contributed by atoms with E-state index in [9.17, 15) is 17.6 Å². The van der Waals surface area contributed by atoms with Gasteiger partial charge in [-0.15, -0.1) is 0 Å². The number of benzene rings is 2. The first-order chi connectivity index (χ1) is 13.7. The Morgan fingerprint density at radius 2 is 1.79 bits per heavy atom. The van der Waals surface area contributed by atoms with Gasteiger partial charge in [0.05, 0.1) is 4.90 Å². The molecule has 1 amide bonds. The van der Waals surface area contributed by atoms with Crippen LogP contribution in [0.1, 0.15) is 35.7 Å². The van der Waals surface area contributed by atoms with E-state index in [1.54, 1.807) is 13.1 Å². The minimum absolute atomic E-state index is 0.0103. The number of rotatable bonds is 5. The summed E-state index contributed by atoms with van der Waals surface area (Å²) in [5.74, 6) is -0.297. The Labute approximate surface area is 176 Å². The fourth-order valence-corrected chi connectivity index (χ4v) is 5.05. The van der Waals surface area contributed by atoms with E-state index in [0.29, 0.717) is 24.6 Å². The maximum Gasteiger partial charge on any atom is 0.253 e. The van der Waals surface area contributed by atoms with E-state index in [4.69, 9.17) is 11.6 Å². The van der Waals surface area contributed by atoms with Crippen molar-refractivity contribution >= 4 is 27.5 Å². The first kappa shape index (κ1) is 21.7. The zero-order valence-electron chi connectivity index (χ0n) is 16.4. The molecule has 2 aromatic rings. The van der Waals surface area contributed by atoms with E-state index in [1.165, 1.54) is 45.6 Å². The Morgan fingerprint density at radius 3 is 2.38 bits per heavy atom. The van der Waals surface area contributed by atoms with Crippen LogP contribution in [0.15, 0.2) is 47.4 Å². The van der Waals surface area contributed by atoms with Gasteiger partial charge in [0.25, 0.3) is 5.91 Å². The largest absolute Gasteiger partial charge is 0.337 e. The van der Waals surface area contributed by atoms with Crippen LogP contribution in [0.25, 0.3) is 0 Å². The van der Waals surface area contributed by atoms with Crippen molar-refractivity contribution in [3.63, 3.8) is 0 Å². The van der Waals surface area contributed by atoms with Gasteiger partial charge in [-0.05, 0) is 55.2 Å². The fourth-order valence-electron chi connectivity index (χ4n) is 3.36. The average Bonchev–Trinajstić information content (AvgIpc) is 2.70. The molecular weight excluding hydrogens is 415 g/mol. The molecule has 0 bridgehead atoms. The summed E-state index contributed by atoms with van der Waals surface area (Å²) in [6, 6.07) is 10.2. The molecule has 1 aliphatic heterocycles. The van der Waals surface area contributed by atoms with Crippen LogP contribution in [0.5, 0.6) is 0 Å². The molecule has 0 radical (unpaired) electrons. The van der Waals surface area contributed by atoms with Gasteiger partial charge in [-0.25, -0.2) is 12.8 Å². The van der Waals surface area contributed by atoms with E-state index in [1.807, 2.05) is 0 Å². The summed E-state index contributed by atoms with van der Waals surface area (Å²) in [6.45, 7) is 3.15. The molecule has 8 heteroatoms. The van der Waals surface area contributed by atoms with Crippen molar-refractivity contribution < 1.29 is 17.6 Å². The Kier molecular flexibility index (Phi) is 6.61. The molecule has 1 heterocycles. The van der Waals surface area contributed by atoms with E-state index in [2.05, 4.69) is 6.92 Å². The van der Waals surface area contributed by atoms with Crippen LogP contribution in [0.2, 0.25) is 5.02 Å². The van der Waals surface area contributed by atoms with Gasteiger partial charge in [-0.1, -0.05) is 24.6 Å². The predicted octanol–water partition coefficient (Wildman–Crippen LogP) is 4.17. The van der Waals surface area contributed by atoms with Crippen molar-refractivity contribution in [2.45, 2.75) is 31.2 Å². The topological polar surface area (TPSA) is 57.7 Å². The first-order valence-electron chi connectivity index (χ1n) is 9.48. The highest BCUT2D eigenvalue weighted by Gasteiger charge is 2.28. The number of halogens is 2.